The van der Waals surface area contributed by atoms with Gasteiger partial charge in [-0.2, -0.15) is 0 Å². The number of carbonyl (C=O) groups is 1. The summed E-state index contributed by atoms with van der Waals surface area (Å²) in [6.45, 7) is 0.518. The van der Waals surface area contributed by atoms with E-state index in [1.165, 1.54) is 5.56 Å². The quantitative estimate of drug-likeness (QED) is 0.282. The van der Waals surface area contributed by atoms with Crippen LogP contribution in [-0.2, 0) is 11.4 Å². The third-order valence-electron chi connectivity index (χ3n) is 7.65. The van der Waals surface area contributed by atoms with Crippen LogP contribution >= 0.6 is 0 Å². The number of Topliss-reactive ketones (excluding diaryl/α,β-unsaturated/α-hetero) is 1. The second-order valence-corrected chi connectivity index (χ2v) is 10.5. The number of nitrogens with one attached hydrogen (secondary N) is 2. The van der Waals surface area contributed by atoms with E-state index in [2.05, 4.69) is 76.2 Å². The summed E-state index contributed by atoms with van der Waals surface area (Å²) >= 11 is 0. The highest BCUT2D eigenvalue weighted by molar-refractivity contribution is 6.01. The Labute approximate surface area is 230 Å². The summed E-state index contributed by atoms with van der Waals surface area (Å²) in [5.74, 6) is 1.12. The number of anilines is 3. The molecule has 0 spiro atoms. The standard InChI is InChI=1S/C34H33N3O2/c1-37(2)27-16-12-24(13-17-27)26-20-31-33(32(38)21-26)34(36-30-11-7-6-10-29(30)35-31)25-14-18-28(19-15-25)39-22-23-8-4-3-5-9-23/h3-19,26,34-36H,20-22H2,1-2H3. The summed E-state index contributed by atoms with van der Waals surface area (Å²) in [5.41, 5.74) is 8.32. The van der Waals surface area contributed by atoms with E-state index in [1.807, 2.05) is 56.6 Å². The van der Waals surface area contributed by atoms with Crippen molar-refractivity contribution in [3.8, 4) is 5.75 Å². The first-order valence-corrected chi connectivity index (χ1v) is 13.5. The average molecular weight is 516 g/mol. The maximum absolute atomic E-state index is 13.8. The van der Waals surface area contributed by atoms with Crippen LogP contribution in [0.3, 0.4) is 0 Å². The van der Waals surface area contributed by atoms with Gasteiger partial charge in [0.05, 0.1) is 17.4 Å². The highest BCUT2D eigenvalue weighted by Gasteiger charge is 2.36. The van der Waals surface area contributed by atoms with Crippen molar-refractivity contribution in [3.63, 3.8) is 0 Å². The number of nitrogens with zero attached hydrogens (tertiary/aromatic N) is 1. The number of ether oxygens (including phenoxy) is 1. The number of hydrogen-bond donors (Lipinski definition) is 2. The van der Waals surface area contributed by atoms with Crippen LogP contribution in [0.5, 0.6) is 5.75 Å². The Morgan fingerprint density at radius 1 is 0.769 bits per heavy atom. The normalized spacial score (nSPS) is 18.3. The van der Waals surface area contributed by atoms with Crippen LogP contribution in [0.4, 0.5) is 17.1 Å². The molecule has 1 aliphatic carbocycles. The lowest BCUT2D eigenvalue weighted by atomic mass is 9.78. The van der Waals surface area contributed by atoms with E-state index in [4.69, 9.17) is 4.74 Å². The van der Waals surface area contributed by atoms with E-state index < -0.39 is 0 Å². The first-order valence-electron chi connectivity index (χ1n) is 13.5. The molecule has 0 saturated heterocycles. The topological polar surface area (TPSA) is 53.6 Å². The molecule has 2 unspecified atom stereocenters. The van der Waals surface area contributed by atoms with Gasteiger partial charge in [0.2, 0.25) is 0 Å². The zero-order valence-electron chi connectivity index (χ0n) is 22.4. The first-order chi connectivity index (χ1) is 19.0. The Bertz CT molecular complexity index is 1490. The van der Waals surface area contributed by atoms with Gasteiger partial charge in [0.15, 0.2) is 5.78 Å². The number of fused-ring (bicyclic) bond motifs is 1. The Morgan fingerprint density at radius 2 is 1.44 bits per heavy atom. The number of hydrogen-bond acceptors (Lipinski definition) is 5. The van der Waals surface area contributed by atoms with Gasteiger partial charge in [0.25, 0.3) is 0 Å². The number of allylic oxidation sites excluding steroid dienone is 1. The highest BCUT2D eigenvalue weighted by Crippen LogP contribution is 2.44. The van der Waals surface area contributed by atoms with E-state index in [1.54, 1.807) is 0 Å². The van der Waals surface area contributed by atoms with Crippen LogP contribution in [0.1, 0.15) is 41.5 Å². The predicted octanol–water partition coefficient (Wildman–Crippen LogP) is 7.31. The molecular weight excluding hydrogens is 482 g/mol. The maximum atomic E-state index is 13.8. The molecule has 5 heteroatoms. The van der Waals surface area contributed by atoms with Crippen LogP contribution in [0.2, 0.25) is 0 Å². The van der Waals surface area contributed by atoms with Gasteiger partial charge in [-0.15, -0.1) is 0 Å². The molecule has 0 amide bonds. The highest BCUT2D eigenvalue weighted by atomic mass is 16.5. The summed E-state index contributed by atoms with van der Waals surface area (Å²) in [7, 11) is 4.08. The van der Waals surface area contributed by atoms with Crippen molar-refractivity contribution in [2.75, 3.05) is 29.6 Å². The molecule has 2 N–H and O–H groups in total. The summed E-state index contributed by atoms with van der Waals surface area (Å²) < 4.78 is 6.01. The van der Waals surface area contributed by atoms with Crippen molar-refractivity contribution in [2.45, 2.75) is 31.4 Å². The minimum atomic E-state index is -0.246. The van der Waals surface area contributed by atoms with Crippen molar-refractivity contribution in [1.82, 2.24) is 0 Å². The second kappa shape index (κ2) is 10.7. The molecule has 6 rings (SSSR count). The smallest absolute Gasteiger partial charge is 0.163 e. The van der Waals surface area contributed by atoms with Crippen molar-refractivity contribution in [2.24, 2.45) is 0 Å². The molecular formula is C34H33N3O2. The third-order valence-corrected chi connectivity index (χ3v) is 7.65. The molecule has 0 saturated carbocycles. The lowest BCUT2D eigenvalue weighted by Gasteiger charge is -2.30. The van der Waals surface area contributed by atoms with Gasteiger partial charge < -0.3 is 20.3 Å². The van der Waals surface area contributed by atoms with Gasteiger partial charge >= 0.3 is 0 Å². The Hall–Kier alpha value is -4.51. The molecule has 4 aromatic carbocycles. The Morgan fingerprint density at radius 3 is 2.15 bits per heavy atom. The minimum absolute atomic E-state index is 0.139. The van der Waals surface area contributed by atoms with Crippen LogP contribution < -0.4 is 20.3 Å². The SMILES string of the molecule is CN(C)c1ccc(C2CC(=O)C3=C(C2)Nc2ccccc2NC3c2ccc(OCc3ccccc3)cc2)cc1. The number of rotatable bonds is 6. The second-order valence-electron chi connectivity index (χ2n) is 10.5. The van der Waals surface area contributed by atoms with Gasteiger partial charge in [-0.05, 0) is 65.4 Å². The molecule has 0 radical (unpaired) electrons. The summed E-state index contributed by atoms with van der Waals surface area (Å²) in [4.78, 5) is 15.9. The van der Waals surface area contributed by atoms with Gasteiger partial charge in [-0.1, -0.05) is 66.7 Å². The zero-order chi connectivity index (χ0) is 26.8. The number of ketones is 1. The van der Waals surface area contributed by atoms with Crippen molar-refractivity contribution >= 4 is 22.8 Å². The maximum Gasteiger partial charge on any atom is 0.163 e. The lowest BCUT2D eigenvalue weighted by Crippen LogP contribution is -2.26. The molecule has 2 aliphatic rings. The van der Waals surface area contributed by atoms with Crippen LogP contribution in [0, 0.1) is 0 Å². The number of carbonyl (C=O) groups excluding carboxylic acids is 1. The van der Waals surface area contributed by atoms with E-state index in [9.17, 15) is 4.79 Å². The molecule has 0 aromatic heterocycles. The van der Waals surface area contributed by atoms with Gasteiger partial charge in [0, 0.05) is 37.5 Å². The fourth-order valence-corrected chi connectivity index (χ4v) is 5.52. The molecule has 196 valence electrons. The van der Waals surface area contributed by atoms with Gasteiger partial charge in [-0.25, -0.2) is 0 Å². The molecule has 4 aromatic rings. The van der Waals surface area contributed by atoms with E-state index >= 15 is 0 Å². The van der Waals surface area contributed by atoms with Gasteiger partial charge in [0.1, 0.15) is 12.4 Å². The van der Waals surface area contributed by atoms with Crippen molar-refractivity contribution in [3.05, 3.63) is 131 Å². The number of para-hydroxylation sites is 2. The molecule has 39 heavy (non-hydrogen) atoms. The van der Waals surface area contributed by atoms with Crippen LogP contribution in [-0.4, -0.2) is 19.9 Å². The first kappa shape index (κ1) is 24.8. The fourth-order valence-electron chi connectivity index (χ4n) is 5.52. The fraction of sp³-hybridized carbons (Fsp3) is 0.206. The van der Waals surface area contributed by atoms with Crippen LogP contribution in [0.15, 0.2) is 114 Å². The zero-order valence-corrected chi connectivity index (χ0v) is 22.4. The van der Waals surface area contributed by atoms with E-state index in [0.29, 0.717) is 13.0 Å². The average Bonchev–Trinajstić information content (AvgIpc) is 3.14. The Kier molecular flexibility index (Phi) is 6.80. The summed E-state index contributed by atoms with van der Waals surface area (Å²) in [6.07, 6.45) is 1.28. The molecule has 2 atom stereocenters. The summed E-state index contributed by atoms with van der Waals surface area (Å²) in [5, 5.41) is 7.30. The summed E-state index contributed by atoms with van der Waals surface area (Å²) in [6, 6.07) is 34.8. The van der Waals surface area contributed by atoms with E-state index in [0.717, 1.165) is 51.6 Å². The monoisotopic (exact) mass is 515 g/mol. The van der Waals surface area contributed by atoms with Crippen molar-refractivity contribution in [1.29, 1.82) is 0 Å². The minimum Gasteiger partial charge on any atom is -0.489 e. The van der Waals surface area contributed by atoms with Crippen molar-refractivity contribution < 1.29 is 9.53 Å². The van der Waals surface area contributed by atoms with Gasteiger partial charge in [-0.3, -0.25) is 4.79 Å². The predicted molar refractivity (Wildman–Crippen MR) is 158 cm³/mol. The molecule has 5 nitrogen and oxygen atoms in total. The molecule has 1 aliphatic heterocycles. The molecule has 1 heterocycles. The lowest BCUT2D eigenvalue weighted by molar-refractivity contribution is -0.116. The third kappa shape index (κ3) is 5.26. The van der Waals surface area contributed by atoms with Crippen LogP contribution in [0.25, 0.3) is 0 Å². The molecule has 0 bridgehead atoms. The Balaban J connectivity index is 1.30. The van der Waals surface area contributed by atoms with E-state index in [-0.39, 0.29) is 17.7 Å². The largest absolute Gasteiger partial charge is 0.489 e. The molecule has 0 fully saturated rings. The number of benzene rings is 4.